The Kier molecular flexibility index (Phi) is 8.10. The molecule has 0 amide bonds. The van der Waals surface area contributed by atoms with Crippen molar-refractivity contribution in [2.45, 2.75) is 37.5 Å². The first-order chi connectivity index (χ1) is 26.7. The van der Waals surface area contributed by atoms with Crippen LogP contribution >= 0.6 is 0 Å². The highest BCUT2D eigenvalue weighted by atomic mass is 14.9. The van der Waals surface area contributed by atoms with Crippen molar-refractivity contribution in [1.82, 2.24) is 9.97 Å². The van der Waals surface area contributed by atoms with Crippen molar-refractivity contribution in [2.75, 3.05) is 0 Å². The second-order valence-corrected chi connectivity index (χ2v) is 14.8. The van der Waals surface area contributed by atoms with Gasteiger partial charge in [0.25, 0.3) is 0 Å². The first kappa shape index (κ1) is 32.3. The van der Waals surface area contributed by atoms with Crippen LogP contribution in [0.1, 0.15) is 43.2 Å². The molecule has 8 aromatic rings. The van der Waals surface area contributed by atoms with E-state index in [1.807, 2.05) is 18.2 Å². The van der Waals surface area contributed by atoms with E-state index < -0.39 is 0 Å². The molecule has 0 bridgehead atoms. The zero-order chi connectivity index (χ0) is 35.9. The third kappa shape index (κ3) is 5.67. The van der Waals surface area contributed by atoms with Gasteiger partial charge in [0.05, 0.1) is 11.4 Å². The highest BCUT2D eigenvalue weighted by molar-refractivity contribution is 5.89. The Bertz CT molecular complexity index is 2600. The number of nitrogens with zero attached hydrogens (tertiary/aromatic N) is 2. The number of rotatable bonds is 6. The number of benzene rings is 7. The second kappa shape index (κ2) is 13.5. The highest BCUT2D eigenvalue weighted by Crippen LogP contribution is 2.58. The van der Waals surface area contributed by atoms with Gasteiger partial charge in [0.15, 0.2) is 5.82 Å². The fourth-order valence-corrected chi connectivity index (χ4v) is 9.10. The molecule has 0 aliphatic heterocycles. The summed E-state index contributed by atoms with van der Waals surface area (Å²) in [4.78, 5) is 10.2. The summed E-state index contributed by atoms with van der Waals surface area (Å²) in [6.07, 6.45) is 6.38. The molecule has 2 aliphatic rings. The highest BCUT2D eigenvalue weighted by Gasteiger charge is 2.45. The Morgan fingerprint density at radius 1 is 0.333 bits per heavy atom. The summed E-state index contributed by atoms with van der Waals surface area (Å²) >= 11 is 0. The third-order valence-corrected chi connectivity index (χ3v) is 11.7. The lowest BCUT2D eigenvalue weighted by Crippen LogP contribution is -2.28. The van der Waals surface area contributed by atoms with E-state index in [1.165, 1.54) is 82.2 Å². The molecule has 54 heavy (non-hydrogen) atoms. The minimum absolute atomic E-state index is 0.118. The van der Waals surface area contributed by atoms with Crippen LogP contribution in [-0.4, -0.2) is 9.97 Å². The van der Waals surface area contributed by atoms with Crippen molar-refractivity contribution in [3.05, 3.63) is 193 Å². The number of hydrogen-bond donors (Lipinski definition) is 0. The molecule has 0 atom stereocenters. The van der Waals surface area contributed by atoms with Gasteiger partial charge >= 0.3 is 0 Å². The lowest BCUT2D eigenvalue weighted by Gasteiger charge is -2.37. The predicted octanol–water partition coefficient (Wildman–Crippen LogP) is 13.7. The van der Waals surface area contributed by atoms with Crippen molar-refractivity contribution in [3.63, 3.8) is 0 Å². The molecule has 1 fully saturated rings. The van der Waals surface area contributed by atoms with Crippen LogP contribution in [-0.2, 0) is 5.41 Å². The van der Waals surface area contributed by atoms with E-state index in [9.17, 15) is 0 Å². The first-order valence-electron chi connectivity index (χ1n) is 19.3. The molecule has 0 unspecified atom stereocenters. The monoisotopic (exact) mass is 692 g/mol. The second-order valence-electron chi connectivity index (χ2n) is 14.8. The zero-order valence-electron chi connectivity index (χ0n) is 30.3. The van der Waals surface area contributed by atoms with E-state index in [2.05, 4.69) is 164 Å². The number of hydrogen-bond acceptors (Lipinski definition) is 2. The van der Waals surface area contributed by atoms with Crippen LogP contribution in [0.4, 0.5) is 0 Å². The largest absolute Gasteiger partial charge is 0.228 e. The quantitative estimate of drug-likeness (QED) is 0.173. The molecular weight excluding hydrogens is 653 g/mol. The van der Waals surface area contributed by atoms with Crippen LogP contribution in [0, 0.1) is 0 Å². The average molecular weight is 693 g/mol. The van der Waals surface area contributed by atoms with Crippen LogP contribution in [0.25, 0.3) is 78.4 Å². The van der Waals surface area contributed by atoms with E-state index in [4.69, 9.17) is 9.97 Å². The Hall–Kier alpha value is -6.38. The van der Waals surface area contributed by atoms with Crippen molar-refractivity contribution in [3.8, 4) is 78.4 Å². The van der Waals surface area contributed by atoms with Crippen LogP contribution in [0.2, 0.25) is 0 Å². The predicted molar refractivity (Wildman–Crippen MR) is 224 cm³/mol. The minimum atomic E-state index is 0.118. The fraction of sp³-hybridized carbons (Fsp3) is 0.115. The molecule has 1 saturated carbocycles. The average Bonchev–Trinajstić information content (AvgIpc) is 3.53. The standard InChI is InChI=1S/C52H40N2/c1-4-14-36(15-5-1)37-26-30-40(31-27-37)48-35-49(54-51(53-48)41-16-6-2-7-17-41)43-19-12-18-42(34-43)38-24-28-39(29-25-38)44-21-13-22-46-45-20-8-9-23-47(45)52(50(44)46)32-10-3-11-33-52/h1-2,4-9,12-31,34-35H,3,10-11,32-33H2. The molecule has 2 heteroatoms. The molecule has 2 aliphatic carbocycles. The SMILES string of the molecule is c1ccc(-c2ccc(-c3cc(-c4cccc(-c5ccc(-c6cccc7c6C6(CCCCC6)c6ccccc6-7)cc5)c4)nc(-c4ccccc4)n3)cc2)cc1. The van der Waals surface area contributed by atoms with Crippen LogP contribution in [0.15, 0.2) is 182 Å². The molecule has 2 nitrogen and oxygen atoms in total. The van der Waals surface area contributed by atoms with Crippen molar-refractivity contribution in [2.24, 2.45) is 0 Å². The fourth-order valence-electron chi connectivity index (χ4n) is 9.10. The molecule has 1 heterocycles. The summed E-state index contributed by atoms with van der Waals surface area (Å²) in [6.45, 7) is 0. The number of aromatic nitrogens is 2. The van der Waals surface area contributed by atoms with E-state index in [1.54, 1.807) is 5.56 Å². The van der Waals surface area contributed by atoms with E-state index >= 15 is 0 Å². The third-order valence-electron chi connectivity index (χ3n) is 11.7. The summed E-state index contributed by atoms with van der Waals surface area (Å²) in [6, 6.07) is 65.7. The van der Waals surface area contributed by atoms with Gasteiger partial charge in [-0.1, -0.05) is 189 Å². The molecule has 0 radical (unpaired) electrons. The zero-order valence-corrected chi connectivity index (χ0v) is 30.3. The van der Waals surface area contributed by atoms with Gasteiger partial charge in [-0.2, -0.15) is 0 Å². The Morgan fingerprint density at radius 2 is 0.833 bits per heavy atom. The summed E-state index contributed by atoms with van der Waals surface area (Å²) in [7, 11) is 0. The Morgan fingerprint density at radius 3 is 1.57 bits per heavy atom. The van der Waals surface area contributed by atoms with Crippen LogP contribution in [0.3, 0.4) is 0 Å². The number of fused-ring (bicyclic) bond motifs is 5. The maximum atomic E-state index is 5.13. The Labute approximate surface area is 317 Å². The molecule has 1 aromatic heterocycles. The topological polar surface area (TPSA) is 25.8 Å². The van der Waals surface area contributed by atoms with Crippen molar-refractivity contribution >= 4 is 0 Å². The van der Waals surface area contributed by atoms with Gasteiger partial charge < -0.3 is 0 Å². The summed E-state index contributed by atoms with van der Waals surface area (Å²) in [5.41, 5.74) is 18.4. The summed E-state index contributed by atoms with van der Waals surface area (Å²) in [5.74, 6) is 0.721. The van der Waals surface area contributed by atoms with Gasteiger partial charge in [0.2, 0.25) is 0 Å². The summed E-state index contributed by atoms with van der Waals surface area (Å²) < 4.78 is 0. The Balaban J connectivity index is 1.01. The molecule has 0 N–H and O–H groups in total. The van der Waals surface area contributed by atoms with E-state index in [0.29, 0.717) is 0 Å². The summed E-state index contributed by atoms with van der Waals surface area (Å²) in [5, 5.41) is 0. The van der Waals surface area contributed by atoms with Crippen LogP contribution < -0.4 is 0 Å². The minimum Gasteiger partial charge on any atom is -0.228 e. The maximum absolute atomic E-state index is 5.13. The lowest BCUT2D eigenvalue weighted by atomic mass is 9.66. The molecule has 0 saturated heterocycles. The van der Waals surface area contributed by atoms with Gasteiger partial charge in [0.1, 0.15) is 0 Å². The van der Waals surface area contributed by atoms with Gasteiger partial charge in [-0.05, 0) is 80.6 Å². The molecule has 258 valence electrons. The van der Waals surface area contributed by atoms with Crippen molar-refractivity contribution < 1.29 is 0 Å². The first-order valence-corrected chi connectivity index (χ1v) is 19.3. The van der Waals surface area contributed by atoms with Gasteiger partial charge in [0, 0.05) is 22.1 Å². The van der Waals surface area contributed by atoms with Gasteiger partial charge in [-0.3, -0.25) is 0 Å². The van der Waals surface area contributed by atoms with E-state index in [-0.39, 0.29) is 5.41 Å². The smallest absolute Gasteiger partial charge is 0.160 e. The van der Waals surface area contributed by atoms with Gasteiger partial charge in [-0.15, -0.1) is 0 Å². The van der Waals surface area contributed by atoms with Crippen LogP contribution in [0.5, 0.6) is 0 Å². The molecular formula is C52H40N2. The molecule has 7 aromatic carbocycles. The maximum Gasteiger partial charge on any atom is 0.160 e. The molecule has 1 spiro atoms. The molecule has 10 rings (SSSR count). The van der Waals surface area contributed by atoms with Crippen molar-refractivity contribution in [1.29, 1.82) is 0 Å². The normalized spacial score (nSPS) is 14.1. The van der Waals surface area contributed by atoms with Gasteiger partial charge in [-0.25, -0.2) is 9.97 Å². The van der Waals surface area contributed by atoms with E-state index in [0.717, 1.165) is 33.9 Å². The lowest BCUT2D eigenvalue weighted by molar-refractivity contribution is 0.353.